The van der Waals surface area contributed by atoms with Crippen LogP contribution in [0.25, 0.3) is 22.6 Å². The van der Waals surface area contributed by atoms with Crippen molar-refractivity contribution in [3.05, 3.63) is 30.4 Å². The van der Waals surface area contributed by atoms with Crippen LogP contribution in [0.15, 0.2) is 24.5 Å². The zero-order chi connectivity index (χ0) is 14.8. The molecule has 0 spiro atoms. The Balaban J connectivity index is 2.01. The SMILES string of the molecule is CC(=O)NCc1nc2nc(-c3ccncc3)nc(N)c2[nH]1. The Kier molecular flexibility index (Phi) is 3.19. The van der Waals surface area contributed by atoms with E-state index in [-0.39, 0.29) is 12.5 Å². The van der Waals surface area contributed by atoms with Crippen molar-refractivity contribution in [2.24, 2.45) is 0 Å². The fourth-order valence-corrected chi connectivity index (χ4v) is 1.89. The maximum atomic E-state index is 10.9. The van der Waals surface area contributed by atoms with E-state index in [1.165, 1.54) is 6.92 Å². The number of carbonyl (C=O) groups is 1. The first-order valence-electron chi connectivity index (χ1n) is 6.30. The van der Waals surface area contributed by atoms with Crippen LogP contribution < -0.4 is 11.1 Å². The Labute approximate surface area is 119 Å². The largest absolute Gasteiger partial charge is 0.382 e. The summed E-state index contributed by atoms with van der Waals surface area (Å²) < 4.78 is 0. The van der Waals surface area contributed by atoms with Crippen molar-refractivity contribution in [3.63, 3.8) is 0 Å². The molecule has 0 aliphatic carbocycles. The molecule has 0 bridgehead atoms. The Hall–Kier alpha value is -3.03. The summed E-state index contributed by atoms with van der Waals surface area (Å²) >= 11 is 0. The number of amides is 1. The molecule has 0 aromatic carbocycles. The lowest BCUT2D eigenvalue weighted by Crippen LogP contribution is -2.19. The van der Waals surface area contributed by atoms with E-state index in [9.17, 15) is 4.79 Å². The molecular weight excluding hydrogens is 270 g/mol. The summed E-state index contributed by atoms with van der Waals surface area (Å²) in [6, 6.07) is 3.59. The van der Waals surface area contributed by atoms with E-state index in [4.69, 9.17) is 5.73 Å². The molecule has 3 heterocycles. The topological polar surface area (TPSA) is 122 Å². The van der Waals surface area contributed by atoms with Gasteiger partial charge >= 0.3 is 0 Å². The number of nitrogens with zero attached hydrogens (tertiary/aromatic N) is 4. The highest BCUT2D eigenvalue weighted by molar-refractivity contribution is 5.83. The number of anilines is 1. The Morgan fingerprint density at radius 2 is 2.05 bits per heavy atom. The number of fused-ring (bicyclic) bond motifs is 1. The van der Waals surface area contributed by atoms with E-state index in [1.807, 2.05) is 0 Å². The highest BCUT2D eigenvalue weighted by atomic mass is 16.1. The highest BCUT2D eigenvalue weighted by Gasteiger charge is 2.12. The lowest BCUT2D eigenvalue weighted by atomic mass is 10.2. The minimum atomic E-state index is -0.132. The van der Waals surface area contributed by atoms with Gasteiger partial charge in [0.1, 0.15) is 11.3 Å². The van der Waals surface area contributed by atoms with Crippen LogP contribution >= 0.6 is 0 Å². The van der Waals surface area contributed by atoms with E-state index >= 15 is 0 Å². The summed E-state index contributed by atoms with van der Waals surface area (Å²) in [5.74, 6) is 1.24. The Morgan fingerprint density at radius 3 is 2.76 bits per heavy atom. The van der Waals surface area contributed by atoms with Crippen LogP contribution in [0.4, 0.5) is 5.82 Å². The van der Waals surface area contributed by atoms with Gasteiger partial charge in [0.2, 0.25) is 5.91 Å². The number of nitrogens with one attached hydrogen (secondary N) is 2. The first-order chi connectivity index (χ1) is 10.1. The molecule has 0 unspecified atom stereocenters. The molecule has 0 fully saturated rings. The second-order valence-electron chi connectivity index (χ2n) is 4.46. The van der Waals surface area contributed by atoms with Crippen LogP contribution in [0.2, 0.25) is 0 Å². The molecule has 0 atom stereocenters. The van der Waals surface area contributed by atoms with E-state index in [0.29, 0.717) is 28.6 Å². The number of rotatable bonds is 3. The molecule has 8 nitrogen and oxygen atoms in total. The second kappa shape index (κ2) is 5.16. The number of hydrogen-bond donors (Lipinski definition) is 3. The number of nitrogens with two attached hydrogens (primary N) is 1. The standard InChI is InChI=1S/C13H13N7O/c1-7(21)16-6-9-17-10-11(14)19-12(20-13(10)18-9)8-2-4-15-5-3-8/h2-5H,6H2,1H3,(H,16,21)(H3,14,17,18,19,20). The molecule has 0 saturated carbocycles. The van der Waals surface area contributed by atoms with Gasteiger partial charge in [-0.15, -0.1) is 0 Å². The summed E-state index contributed by atoms with van der Waals surface area (Å²) in [4.78, 5) is 30.8. The fourth-order valence-electron chi connectivity index (χ4n) is 1.89. The Morgan fingerprint density at radius 1 is 1.29 bits per heavy atom. The van der Waals surface area contributed by atoms with E-state index in [2.05, 4.69) is 30.2 Å². The summed E-state index contributed by atoms with van der Waals surface area (Å²) in [5, 5.41) is 2.66. The number of nitrogen functional groups attached to an aromatic ring is 1. The predicted molar refractivity (Wildman–Crippen MR) is 76.8 cm³/mol. The van der Waals surface area contributed by atoms with Gasteiger partial charge in [0, 0.05) is 24.9 Å². The van der Waals surface area contributed by atoms with Crippen molar-refractivity contribution in [2.75, 3.05) is 5.73 Å². The first-order valence-corrected chi connectivity index (χ1v) is 6.30. The molecule has 0 saturated heterocycles. The van der Waals surface area contributed by atoms with Gasteiger partial charge in [0.25, 0.3) is 0 Å². The summed E-state index contributed by atoms with van der Waals surface area (Å²) in [5.41, 5.74) is 7.78. The Bertz CT molecular complexity index is 797. The molecule has 106 valence electrons. The van der Waals surface area contributed by atoms with Crippen molar-refractivity contribution in [1.82, 2.24) is 30.2 Å². The van der Waals surface area contributed by atoms with Crippen LogP contribution in [-0.4, -0.2) is 30.8 Å². The van der Waals surface area contributed by atoms with Gasteiger partial charge in [-0.3, -0.25) is 9.78 Å². The van der Waals surface area contributed by atoms with Crippen molar-refractivity contribution < 1.29 is 4.79 Å². The maximum absolute atomic E-state index is 10.9. The van der Waals surface area contributed by atoms with Crippen molar-refractivity contribution in [1.29, 1.82) is 0 Å². The molecule has 3 aromatic heterocycles. The average Bonchev–Trinajstić information content (AvgIpc) is 2.90. The molecule has 1 amide bonds. The number of aromatic nitrogens is 5. The predicted octanol–water partition coefficient (Wildman–Crippen LogP) is 0.633. The normalized spacial score (nSPS) is 10.7. The zero-order valence-corrected chi connectivity index (χ0v) is 11.3. The van der Waals surface area contributed by atoms with Gasteiger partial charge in [-0.05, 0) is 12.1 Å². The number of imidazole rings is 1. The molecule has 4 N–H and O–H groups in total. The van der Waals surface area contributed by atoms with Gasteiger partial charge in [0.05, 0.1) is 6.54 Å². The molecule has 0 radical (unpaired) electrons. The third kappa shape index (κ3) is 2.64. The number of pyridine rings is 1. The van der Waals surface area contributed by atoms with Crippen molar-refractivity contribution in [3.8, 4) is 11.4 Å². The lowest BCUT2D eigenvalue weighted by Gasteiger charge is -2.00. The zero-order valence-electron chi connectivity index (χ0n) is 11.3. The minimum absolute atomic E-state index is 0.132. The summed E-state index contributed by atoms with van der Waals surface area (Å²) in [7, 11) is 0. The van der Waals surface area contributed by atoms with Gasteiger partial charge in [-0.1, -0.05) is 0 Å². The van der Waals surface area contributed by atoms with Crippen LogP contribution in [0.3, 0.4) is 0 Å². The maximum Gasteiger partial charge on any atom is 0.217 e. The third-order valence-corrected chi connectivity index (χ3v) is 2.87. The van der Waals surface area contributed by atoms with Gasteiger partial charge in [0.15, 0.2) is 17.3 Å². The van der Waals surface area contributed by atoms with Gasteiger partial charge in [-0.25, -0.2) is 15.0 Å². The number of hydrogen-bond acceptors (Lipinski definition) is 6. The fraction of sp³-hybridized carbons (Fsp3) is 0.154. The third-order valence-electron chi connectivity index (χ3n) is 2.87. The summed E-state index contributed by atoms with van der Waals surface area (Å²) in [6.45, 7) is 1.73. The van der Waals surface area contributed by atoms with Crippen LogP contribution in [0.5, 0.6) is 0 Å². The monoisotopic (exact) mass is 283 g/mol. The minimum Gasteiger partial charge on any atom is -0.382 e. The first kappa shape index (κ1) is 13.0. The second-order valence-corrected chi connectivity index (χ2v) is 4.46. The van der Waals surface area contributed by atoms with Crippen molar-refractivity contribution >= 4 is 22.9 Å². The molecular formula is C13H13N7O. The van der Waals surface area contributed by atoms with Crippen LogP contribution in [-0.2, 0) is 11.3 Å². The highest BCUT2D eigenvalue weighted by Crippen LogP contribution is 2.21. The quantitative estimate of drug-likeness (QED) is 0.648. The molecule has 8 heteroatoms. The van der Waals surface area contributed by atoms with Crippen LogP contribution in [0.1, 0.15) is 12.7 Å². The number of H-pyrrole nitrogens is 1. The average molecular weight is 283 g/mol. The smallest absolute Gasteiger partial charge is 0.217 e. The van der Waals surface area contributed by atoms with E-state index in [1.54, 1.807) is 24.5 Å². The molecule has 3 aromatic rings. The molecule has 21 heavy (non-hydrogen) atoms. The van der Waals surface area contributed by atoms with Crippen LogP contribution in [0, 0.1) is 0 Å². The molecule has 3 rings (SSSR count). The van der Waals surface area contributed by atoms with E-state index < -0.39 is 0 Å². The lowest BCUT2D eigenvalue weighted by molar-refractivity contribution is -0.119. The van der Waals surface area contributed by atoms with Crippen molar-refractivity contribution in [2.45, 2.75) is 13.5 Å². The van der Waals surface area contributed by atoms with Gasteiger partial charge < -0.3 is 16.0 Å². The molecule has 0 aliphatic rings. The number of carbonyl (C=O) groups excluding carboxylic acids is 1. The summed E-state index contributed by atoms with van der Waals surface area (Å²) in [6.07, 6.45) is 3.32. The number of aromatic amines is 1. The molecule has 0 aliphatic heterocycles. The van der Waals surface area contributed by atoms with E-state index in [0.717, 1.165) is 5.56 Å². The van der Waals surface area contributed by atoms with Gasteiger partial charge in [-0.2, -0.15) is 0 Å².